The molecule has 0 bridgehead atoms. The fourth-order valence-corrected chi connectivity index (χ4v) is 2.27. The van der Waals surface area contributed by atoms with E-state index in [2.05, 4.69) is 0 Å². The molecule has 1 aromatic heterocycles. The maximum atomic E-state index is 10.3. The Labute approximate surface area is 117 Å². The van der Waals surface area contributed by atoms with Crippen LogP contribution in [0.3, 0.4) is 0 Å². The number of aliphatic hydroxyl groups is 1. The largest absolute Gasteiger partial charge is 0.497 e. The third-order valence-corrected chi connectivity index (χ3v) is 3.34. The van der Waals surface area contributed by atoms with Gasteiger partial charge in [0, 0.05) is 11.8 Å². The second-order valence-electron chi connectivity index (χ2n) is 4.76. The lowest BCUT2D eigenvalue weighted by Gasteiger charge is -2.07. The highest BCUT2D eigenvalue weighted by atomic mass is 16.5. The van der Waals surface area contributed by atoms with Crippen LogP contribution in [0.25, 0.3) is 11.0 Å². The minimum absolute atomic E-state index is 0.539. The Bertz CT molecular complexity index is 701. The summed E-state index contributed by atoms with van der Waals surface area (Å²) in [7, 11) is 1.63. The van der Waals surface area contributed by atoms with Gasteiger partial charge in [-0.3, -0.25) is 0 Å². The van der Waals surface area contributed by atoms with Crippen molar-refractivity contribution in [1.29, 1.82) is 0 Å². The highest BCUT2D eigenvalue weighted by molar-refractivity contribution is 5.79. The van der Waals surface area contributed by atoms with E-state index in [0.29, 0.717) is 12.2 Å². The predicted molar refractivity (Wildman–Crippen MR) is 77.9 cm³/mol. The maximum absolute atomic E-state index is 10.3. The van der Waals surface area contributed by atoms with Crippen LogP contribution >= 0.6 is 0 Å². The van der Waals surface area contributed by atoms with Crippen molar-refractivity contribution < 1.29 is 14.3 Å². The number of methoxy groups -OCH3 is 1. The van der Waals surface area contributed by atoms with Crippen LogP contribution in [0.5, 0.6) is 5.75 Å². The SMILES string of the molecule is COc1ccc2oc([C@@H](O)Cc3ccccc3)cc2c1. The fourth-order valence-electron chi connectivity index (χ4n) is 2.27. The van der Waals surface area contributed by atoms with Gasteiger partial charge in [0.25, 0.3) is 0 Å². The standard InChI is InChI=1S/C17H16O3/c1-19-14-7-8-16-13(10-14)11-17(20-16)15(18)9-12-5-3-2-4-6-12/h2-8,10-11,15,18H,9H2,1H3/t15-/m0/s1. The Morgan fingerprint density at radius 3 is 2.65 bits per heavy atom. The molecule has 3 heteroatoms. The summed E-state index contributed by atoms with van der Waals surface area (Å²) in [4.78, 5) is 0. The van der Waals surface area contributed by atoms with Crippen LogP contribution in [-0.2, 0) is 6.42 Å². The van der Waals surface area contributed by atoms with Gasteiger partial charge in [-0.1, -0.05) is 30.3 Å². The van der Waals surface area contributed by atoms with Crippen LogP contribution in [-0.4, -0.2) is 12.2 Å². The van der Waals surface area contributed by atoms with Gasteiger partial charge in [0.05, 0.1) is 7.11 Å². The first-order valence-corrected chi connectivity index (χ1v) is 6.56. The van der Waals surface area contributed by atoms with Crippen LogP contribution in [0.1, 0.15) is 17.4 Å². The lowest BCUT2D eigenvalue weighted by Crippen LogP contribution is -1.99. The van der Waals surface area contributed by atoms with E-state index in [-0.39, 0.29) is 0 Å². The minimum Gasteiger partial charge on any atom is -0.497 e. The maximum Gasteiger partial charge on any atom is 0.134 e. The number of hydrogen-bond acceptors (Lipinski definition) is 3. The quantitative estimate of drug-likeness (QED) is 0.784. The molecular weight excluding hydrogens is 252 g/mol. The summed E-state index contributed by atoms with van der Waals surface area (Å²) in [5.41, 5.74) is 1.84. The first kappa shape index (κ1) is 12.8. The zero-order valence-corrected chi connectivity index (χ0v) is 11.2. The van der Waals surface area contributed by atoms with E-state index >= 15 is 0 Å². The van der Waals surface area contributed by atoms with E-state index in [9.17, 15) is 5.11 Å². The van der Waals surface area contributed by atoms with Crippen molar-refractivity contribution in [3.8, 4) is 5.75 Å². The van der Waals surface area contributed by atoms with E-state index in [4.69, 9.17) is 9.15 Å². The fraction of sp³-hybridized carbons (Fsp3) is 0.176. The number of furan rings is 1. The van der Waals surface area contributed by atoms with Crippen LogP contribution in [0, 0.1) is 0 Å². The van der Waals surface area contributed by atoms with Crippen LogP contribution in [0.2, 0.25) is 0 Å². The second-order valence-corrected chi connectivity index (χ2v) is 4.76. The summed E-state index contributed by atoms with van der Waals surface area (Å²) < 4.78 is 10.9. The molecule has 3 nitrogen and oxygen atoms in total. The average Bonchev–Trinajstić information content (AvgIpc) is 2.91. The molecule has 0 saturated carbocycles. The summed E-state index contributed by atoms with van der Waals surface area (Å²) in [5, 5.41) is 11.2. The topological polar surface area (TPSA) is 42.6 Å². The summed E-state index contributed by atoms with van der Waals surface area (Å²) in [6, 6.07) is 17.3. The highest BCUT2D eigenvalue weighted by Gasteiger charge is 2.14. The predicted octanol–water partition coefficient (Wildman–Crippen LogP) is 3.72. The number of rotatable bonds is 4. The smallest absolute Gasteiger partial charge is 0.134 e. The molecule has 2 aromatic carbocycles. The van der Waals surface area contributed by atoms with Crippen LogP contribution in [0.4, 0.5) is 0 Å². The van der Waals surface area contributed by atoms with Gasteiger partial charge in [-0.2, -0.15) is 0 Å². The second kappa shape index (κ2) is 5.39. The molecule has 102 valence electrons. The monoisotopic (exact) mass is 268 g/mol. The molecule has 20 heavy (non-hydrogen) atoms. The number of hydrogen-bond donors (Lipinski definition) is 1. The van der Waals surface area contributed by atoms with Gasteiger partial charge in [0.1, 0.15) is 23.2 Å². The summed E-state index contributed by atoms with van der Waals surface area (Å²) >= 11 is 0. The lowest BCUT2D eigenvalue weighted by atomic mass is 10.1. The van der Waals surface area contributed by atoms with E-state index in [1.165, 1.54) is 0 Å². The first-order chi connectivity index (χ1) is 9.76. The molecule has 3 aromatic rings. The van der Waals surface area contributed by atoms with Gasteiger partial charge in [-0.25, -0.2) is 0 Å². The van der Waals surface area contributed by atoms with Crippen LogP contribution < -0.4 is 4.74 Å². The molecule has 0 saturated heterocycles. The van der Waals surface area contributed by atoms with Gasteiger partial charge in [-0.15, -0.1) is 0 Å². The van der Waals surface area contributed by atoms with E-state index in [0.717, 1.165) is 22.3 Å². The Kier molecular flexibility index (Phi) is 3.44. The highest BCUT2D eigenvalue weighted by Crippen LogP contribution is 2.28. The average molecular weight is 268 g/mol. The van der Waals surface area contributed by atoms with E-state index in [1.54, 1.807) is 7.11 Å². The molecule has 1 atom stereocenters. The van der Waals surface area contributed by atoms with E-state index < -0.39 is 6.10 Å². The van der Waals surface area contributed by atoms with Gasteiger partial charge in [0.2, 0.25) is 0 Å². The van der Waals surface area contributed by atoms with Gasteiger partial charge >= 0.3 is 0 Å². The Hall–Kier alpha value is -2.26. The molecule has 0 aliphatic heterocycles. The lowest BCUT2D eigenvalue weighted by molar-refractivity contribution is 0.152. The van der Waals surface area contributed by atoms with Gasteiger partial charge in [-0.05, 0) is 29.8 Å². The first-order valence-electron chi connectivity index (χ1n) is 6.56. The van der Waals surface area contributed by atoms with E-state index in [1.807, 2.05) is 54.6 Å². The molecule has 0 fully saturated rings. The molecule has 1 heterocycles. The zero-order chi connectivity index (χ0) is 13.9. The summed E-state index contributed by atoms with van der Waals surface area (Å²) in [6.07, 6.45) is -0.103. The zero-order valence-electron chi connectivity index (χ0n) is 11.2. The molecule has 0 aliphatic carbocycles. The summed E-state index contributed by atoms with van der Waals surface area (Å²) in [5.74, 6) is 1.36. The van der Waals surface area contributed by atoms with Crippen molar-refractivity contribution in [1.82, 2.24) is 0 Å². The Morgan fingerprint density at radius 2 is 1.90 bits per heavy atom. The molecule has 0 unspecified atom stereocenters. The molecule has 0 aliphatic rings. The number of aliphatic hydroxyl groups excluding tert-OH is 1. The van der Waals surface area contributed by atoms with Crippen LogP contribution in [0.15, 0.2) is 59.0 Å². The summed E-state index contributed by atoms with van der Waals surface area (Å²) in [6.45, 7) is 0. The van der Waals surface area contributed by atoms with Crippen molar-refractivity contribution in [2.24, 2.45) is 0 Å². The third-order valence-electron chi connectivity index (χ3n) is 3.34. The van der Waals surface area contributed by atoms with Crippen molar-refractivity contribution in [3.05, 3.63) is 65.9 Å². The molecule has 0 amide bonds. The molecule has 1 N–H and O–H groups in total. The number of fused-ring (bicyclic) bond motifs is 1. The Balaban J connectivity index is 1.86. The van der Waals surface area contributed by atoms with Crippen molar-refractivity contribution in [2.45, 2.75) is 12.5 Å². The van der Waals surface area contributed by atoms with Crippen molar-refractivity contribution in [3.63, 3.8) is 0 Å². The Morgan fingerprint density at radius 1 is 1.10 bits per heavy atom. The molecule has 3 rings (SSSR count). The van der Waals surface area contributed by atoms with Gasteiger partial charge in [0.15, 0.2) is 0 Å². The third kappa shape index (κ3) is 2.53. The number of ether oxygens (including phenoxy) is 1. The van der Waals surface area contributed by atoms with Crippen molar-refractivity contribution in [2.75, 3.05) is 7.11 Å². The molecular formula is C17H16O3. The molecule has 0 radical (unpaired) electrons. The van der Waals surface area contributed by atoms with Crippen molar-refractivity contribution >= 4 is 11.0 Å². The minimum atomic E-state index is -0.643. The van der Waals surface area contributed by atoms with Gasteiger partial charge < -0.3 is 14.3 Å². The normalized spacial score (nSPS) is 12.5. The molecule has 0 spiro atoms. The number of benzene rings is 2.